The molecule has 0 spiro atoms. The van der Waals surface area contributed by atoms with Crippen LogP contribution in [-0.2, 0) is 9.84 Å². The number of hydrogen-bond donors (Lipinski definition) is 1. The van der Waals surface area contributed by atoms with Crippen LogP contribution in [0.1, 0.15) is 31.4 Å². The van der Waals surface area contributed by atoms with Crippen molar-refractivity contribution in [2.45, 2.75) is 31.8 Å². The zero-order valence-electron chi connectivity index (χ0n) is 12.3. The summed E-state index contributed by atoms with van der Waals surface area (Å²) in [5.41, 5.74) is 7.50. The Labute approximate surface area is 135 Å². The molecule has 4 nitrogen and oxygen atoms in total. The van der Waals surface area contributed by atoms with E-state index in [4.69, 9.17) is 5.73 Å². The fraction of sp³-hybridized carbons (Fsp3) is 0.600. The molecule has 2 rings (SSSR count). The van der Waals surface area contributed by atoms with E-state index in [0.29, 0.717) is 13.0 Å². The van der Waals surface area contributed by atoms with Gasteiger partial charge in [-0.2, -0.15) is 0 Å². The topological polar surface area (TPSA) is 63.4 Å². The van der Waals surface area contributed by atoms with Crippen LogP contribution < -0.4 is 5.73 Å². The van der Waals surface area contributed by atoms with E-state index < -0.39 is 9.84 Å². The molecule has 2 atom stereocenters. The second-order valence-corrected chi connectivity index (χ2v) is 8.74. The van der Waals surface area contributed by atoms with Crippen molar-refractivity contribution in [3.63, 3.8) is 0 Å². The minimum absolute atomic E-state index is 0.00972. The molecule has 0 bridgehead atoms. The smallest absolute Gasteiger partial charge is 0.151 e. The number of sulfone groups is 1. The quantitative estimate of drug-likeness (QED) is 0.878. The van der Waals surface area contributed by atoms with Crippen LogP contribution in [0.2, 0.25) is 0 Å². The van der Waals surface area contributed by atoms with Gasteiger partial charge in [0.1, 0.15) is 0 Å². The number of hydrogen-bond acceptors (Lipinski definition) is 4. The Morgan fingerprint density at radius 1 is 1.29 bits per heavy atom. The van der Waals surface area contributed by atoms with Gasteiger partial charge in [-0.25, -0.2) is 8.42 Å². The van der Waals surface area contributed by atoms with Crippen molar-refractivity contribution in [2.75, 3.05) is 24.6 Å². The van der Waals surface area contributed by atoms with Crippen LogP contribution in [0.15, 0.2) is 28.7 Å². The van der Waals surface area contributed by atoms with Gasteiger partial charge in [-0.15, -0.1) is 0 Å². The lowest BCUT2D eigenvalue weighted by atomic mass is 9.96. The molecule has 0 saturated carbocycles. The molecule has 1 aliphatic rings. The molecule has 21 heavy (non-hydrogen) atoms. The van der Waals surface area contributed by atoms with Crippen LogP contribution >= 0.6 is 15.9 Å². The first-order valence-electron chi connectivity index (χ1n) is 7.39. The van der Waals surface area contributed by atoms with Gasteiger partial charge in [0.25, 0.3) is 0 Å². The molecule has 0 amide bonds. The average molecular weight is 375 g/mol. The SMILES string of the molecule is CCC(N)C(c1ccccc1Br)N1CCCS(=O)(=O)CC1. The van der Waals surface area contributed by atoms with E-state index in [-0.39, 0.29) is 23.6 Å². The summed E-state index contributed by atoms with van der Waals surface area (Å²) >= 11 is 3.60. The van der Waals surface area contributed by atoms with Crippen molar-refractivity contribution in [1.82, 2.24) is 4.90 Å². The average Bonchev–Trinajstić information content (AvgIpc) is 2.62. The summed E-state index contributed by atoms with van der Waals surface area (Å²) in [7, 11) is -2.90. The van der Waals surface area contributed by atoms with Gasteiger partial charge in [0.15, 0.2) is 9.84 Å². The number of nitrogens with zero attached hydrogens (tertiary/aromatic N) is 1. The Kier molecular flexibility index (Phi) is 5.82. The summed E-state index contributed by atoms with van der Waals surface area (Å²) in [6, 6.07) is 8.12. The molecule has 0 aliphatic carbocycles. The molecular formula is C15H23BrN2O2S. The molecule has 2 N–H and O–H groups in total. The van der Waals surface area contributed by atoms with E-state index in [1.807, 2.05) is 18.2 Å². The zero-order chi connectivity index (χ0) is 15.5. The Hall–Kier alpha value is -0.430. The molecule has 118 valence electrons. The molecule has 0 radical (unpaired) electrons. The molecular weight excluding hydrogens is 352 g/mol. The minimum Gasteiger partial charge on any atom is -0.326 e. The fourth-order valence-electron chi connectivity index (χ4n) is 2.87. The predicted octanol–water partition coefficient (Wildman–Crippen LogP) is 2.35. The fourth-order valence-corrected chi connectivity index (χ4v) is 4.68. The summed E-state index contributed by atoms with van der Waals surface area (Å²) < 4.78 is 24.7. The van der Waals surface area contributed by atoms with E-state index in [1.165, 1.54) is 0 Å². The van der Waals surface area contributed by atoms with Crippen LogP contribution in [-0.4, -0.2) is 44.0 Å². The monoisotopic (exact) mass is 374 g/mol. The Bertz CT molecular complexity index is 577. The van der Waals surface area contributed by atoms with Gasteiger partial charge in [-0.1, -0.05) is 41.1 Å². The third kappa shape index (κ3) is 4.28. The second kappa shape index (κ2) is 7.22. The third-order valence-corrected chi connectivity index (χ3v) is 6.52. The highest BCUT2D eigenvalue weighted by molar-refractivity contribution is 9.10. The van der Waals surface area contributed by atoms with Gasteiger partial charge >= 0.3 is 0 Å². The Morgan fingerprint density at radius 3 is 2.67 bits per heavy atom. The van der Waals surface area contributed by atoms with Crippen LogP contribution in [0.5, 0.6) is 0 Å². The zero-order valence-corrected chi connectivity index (χ0v) is 14.7. The van der Waals surface area contributed by atoms with Crippen LogP contribution in [0, 0.1) is 0 Å². The molecule has 6 heteroatoms. The lowest BCUT2D eigenvalue weighted by Crippen LogP contribution is -2.42. The molecule has 1 aromatic carbocycles. The van der Waals surface area contributed by atoms with E-state index in [2.05, 4.69) is 33.8 Å². The summed E-state index contributed by atoms with van der Waals surface area (Å²) in [6.07, 6.45) is 1.54. The van der Waals surface area contributed by atoms with Crippen molar-refractivity contribution in [3.8, 4) is 0 Å². The summed E-state index contributed by atoms with van der Waals surface area (Å²) in [5, 5.41) is 0. The van der Waals surface area contributed by atoms with Crippen LogP contribution in [0.25, 0.3) is 0 Å². The number of nitrogens with two attached hydrogens (primary N) is 1. The second-order valence-electron chi connectivity index (χ2n) is 5.58. The first-order valence-corrected chi connectivity index (χ1v) is 10.0. The molecule has 2 unspecified atom stereocenters. The maximum Gasteiger partial charge on any atom is 0.151 e. The molecule has 1 heterocycles. The van der Waals surface area contributed by atoms with Gasteiger partial charge in [0.05, 0.1) is 17.5 Å². The van der Waals surface area contributed by atoms with Gasteiger partial charge in [-0.3, -0.25) is 4.90 Å². The van der Waals surface area contributed by atoms with E-state index in [9.17, 15) is 8.42 Å². The molecule has 1 saturated heterocycles. The van der Waals surface area contributed by atoms with Crippen molar-refractivity contribution >= 4 is 25.8 Å². The summed E-state index contributed by atoms with van der Waals surface area (Å²) in [6.45, 7) is 3.41. The predicted molar refractivity (Wildman–Crippen MR) is 90.0 cm³/mol. The van der Waals surface area contributed by atoms with Crippen LogP contribution in [0.4, 0.5) is 0 Å². The Morgan fingerprint density at radius 2 is 2.00 bits per heavy atom. The minimum atomic E-state index is -2.90. The Balaban J connectivity index is 2.31. The van der Waals surface area contributed by atoms with Crippen molar-refractivity contribution in [2.24, 2.45) is 5.73 Å². The first-order chi connectivity index (χ1) is 9.94. The molecule has 0 aromatic heterocycles. The normalized spacial score (nSPS) is 22.4. The largest absolute Gasteiger partial charge is 0.326 e. The van der Waals surface area contributed by atoms with Gasteiger partial charge in [-0.05, 0) is 31.0 Å². The number of rotatable bonds is 4. The summed E-state index contributed by atoms with van der Waals surface area (Å²) in [5.74, 6) is 0.512. The number of benzene rings is 1. The maximum absolute atomic E-state index is 11.8. The lowest BCUT2D eigenvalue weighted by molar-refractivity contribution is 0.181. The van der Waals surface area contributed by atoms with Gasteiger partial charge < -0.3 is 5.73 Å². The van der Waals surface area contributed by atoms with E-state index in [1.54, 1.807) is 0 Å². The first kappa shape index (κ1) is 16.9. The van der Waals surface area contributed by atoms with Gasteiger partial charge in [0, 0.05) is 17.1 Å². The lowest BCUT2D eigenvalue weighted by Gasteiger charge is -2.35. The number of halogens is 1. The maximum atomic E-state index is 11.8. The third-order valence-electron chi connectivity index (χ3n) is 4.08. The van der Waals surface area contributed by atoms with E-state index >= 15 is 0 Å². The standard InChI is InChI=1S/C15H23BrN2O2S/c1-2-14(17)15(12-6-3-4-7-13(12)16)18-8-5-10-21(19,20)11-9-18/h3-4,6-7,14-15H,2,5,8-11,17H2,1H3. The molecule has 1 aromatic rings. The van der Waals surface area contributed by atoms with Gasteiger partial charge in [0.2, 0.25) is 0 Å². The molecule has 1 fully saturated rings. The van der Waals surface area contributed by atoms with Crippen molar-refractivity contribution < 1.29 is 8.42 Å². The highest BCUT2D eigenvalue weighted by atomic mass is 79.9. The van der Waals surface area contributed by atoms with Crippen molar-refractivity contribution in [1.29, 1.82) is 0 Å². The molecule has 1 aliphatic heterocycles. The van der Waals surface area contributed by atoms with Crippen molar-refractivity contribution in [3.05, 3.63) is 34.3 Å². The van der Waals surface area contributed by atoms with Crippen LogP contribution in [0.3, 0.4) is 0 Å². The van der Waals surface area contributed by atoms with E-state index in [0.717, 1.165) is 23.0 Å². The summed E-state index contributed by atoms with van der Waals surface area (Å²) in [4.78, 5) is 2.23. The highest BCUT2D eigenvalue weighted by Crippen LogP contribution is 2.31. The highest BCUT2D eigenvalue weighted by Gasteiger charge is 2.30.